The molecule has 1 aliphatic carbocycles. The molecule has 0 bridgehead atoms. The molecule has 0 saturated heterocycles. The largest absolute Gasteiger partial charge is 0.504 e. The van der Waals surface area contributed by atoms with E-state index in [2.05, 4.69) is 15.4 Å². The molecule has 2 heterocycles. The minimum absolute atomic E-state index is 0.101. The van der Waals surface area contributed by atoms with Crippen LogP contribution in [0.5, 0.6) is 5.75 Å². The summed E-state index contributed by atoms with van der Waals surface area (Å²) >= 11 is 0. The topological polar surface area (TPSA) is 85.8 Å². The van der Waals surface area contributed by atoms with E-state index in [4.69, 9.17) is 0 Å². The van der Waals surface area contributed by atoms with E-state index in [1.165, 1.54) is 12.1 Å². The lowest BCUT2D eigenvalue weighted by Gasteiger charge is -2.04. The summed E-state index contributed by atoms with van der Waals surface area (Å²) in [4.78, 5) is 11.0. The number of benzene rings is 2. The highest BCUT2D eigenvalue weighted by Gasteiger charge is 2.25. The highest BCUT2D eigenvalue weighted by molar-refractivity contribution is 5.82. The van der Waals surface area contributed by atoms with Gasteiger partial charge >= 0.3 is 0 Å². The lowest BCUT2D eigenvalue weighted by molar-refractivity contribution is 0.112. The van der Waals surface area contributed by atoms with Crippen LogP contribution < -0.4 is 0 Å². The minimum atomic E-state index is -0.846. The molecule has 0 atom stereocenters. The molecule has 4 aromatic rings. The summed E-state index contributed by atoms with van der Waals surface area (Å²) in [6, 6.07) is 10.8. The van der Waals surface area contributed by atoms with Crippen LogP contribution in [0.3, 0.4) is 0 Å². The van der Waals surface area contributed by atoms with E-state index in [1.54, 1.807) is 17.1 Å². The van der Waals surface area contributed by atoms with Crippen LogP contribution in [0.25, 0.3) is 28.1 Å². The van der Waals surface area contributed by atoms with Crippen LogP contribution in [-0.2, 0) is 0 Å². The van der Waals surface area contributed by atoms with E-state index in [0.717, 1.165) is 29.8 Å². The Morgan fingerprint density at radius 2 is 1.86 bits per heavy atom. The molecule has 0 amide bonds. The van der Waals surface area contributed by atoms with Gasteiger partial charge in [-0.05, 0) is 42.7 Å². The van der Waals surface area contributed by atoms with Crippen molar-refractivity contribution < 1.29 is 14.3 Å². The summed E-state index contributed by atoms with van der Waals surface area (Å²) in [5, 5.41) is 22.3. The maximum Gasteiger partial charge on any atom is 0.166 e. The van der Waals surface area contributed by atoms with Crippen molar-refractivity contribution in [2.45, 2.75) is 18.9 Å². The van der Waals surface area contributed by atoms with Gasteiger partial charge in [-0.1, -0.05) is 17.3 Å². The van der Waals surface area contributed by atoms with Crippen LogP contribution in [0.4, 0.5) is 4.39 Å². The van der Waals surface area contributed by atoms with Crippen LogP contribution in [0.15, 0.2) is 55.0 Å². The molecule has 29 heavy (non-hydrogen) atoms. The zero-order chi connectivity index (χ0) is 20.0. The van der Waals surface area contributed by atoms with Crippen molar-refractivity contribution in [2.75, 3.05) is 0 Å². The molecule has 1 fully saturated rings. The van der Waals surface area contributed by atoms with E-state index >= 15 is 0 Å². The van der Waals surface area contributed by atoms with Gasteiger partial charge in [0.1, 0.15) is 5.69 Å². The predicted molar refractivity (Wildman–Crippen MR) is 103 cm³/mol. The Morgan fingerprint density at radius 3 is 2.59 bits per heavy atom. The molecule has 1 saturated carbocycles. The standard InChI is InChI=1S/C21H16FN5O2/c22-19-8-14(7-15(12-28)21(19)29)16-9-23-26(10-16)17-3-1-13(2-4-17)20-11-27(25-24-20)18-5-6-18/h1-4,7-12,18,29H,5-6H2. The Hall–Kier alpha value is -3.81. The number of phenols is 1. The molecule has 0 spiro atoms. The first-order valence-corrected chi connectivity index (χ1v) is 9.18. The zero-order valence-corrected chi connectivity index (χ0v) is 15.2. The van der Waals surface area contributed by atoms with E-state index in [0.29, 0.717) is 23.5 Å². The number of aromatic hydroxyl groups is 1. The smallest absolute Gasteiger partial charge is 0.166 e. The molecular formula is C21H16FN5O2. The Bertz CT molecular complexity index is 1210. The number of hydrogen-bond acceptors (Lipinski definition) is 5. The van der Waals surface area contributed by atoms with Crippen LogP contribution in [0.2, 0.25) is 0 Å². The quantitative estimate of drug-likeness (QED) is 0.525. The molecule has 1 N–H and O–H groups in total. The third-order valence-corrected chi connectivity index (χ3v) is 4.99. The lowest BCUT2D eigenvalue weighted by Crippen LogP contribution is -1.93. The molecule has 1 aliphatic rings. The van der Waals surface area contributed by atoms with Gasteiger partial charge < -0.3 is 5.11 Å². The number of halogens is 1. The van der Waals surface area contributed by atoms with Crippen molar-refractivity contribution in [3.05, 3.63) is 66.4 Å². The van der Waals surface area contributed by atoms with E-state index in [1.807, 2.05) is 35.1 Å². The number of aldehydes is 1. The van der Waals surface area contributed by atoms with Gasteiger partial charge in [-0.25, -0.2) is 13.8 Å². The molecule has 8 heteroatoms. The average Bonchev–Trinajstić information content (AvgIpc) is 3.27. The second-order valence-electron chi connectivity index (χ2n) is 7.05. The molecule has 7 nitrogen and oxygen atoms in total. The summed E-state index contributed by atoms with van der Waals surface area (Å²) in [5.74, 6) is -1.49. The van der Waals surface area contributed by atoms with Crippen molar-refractivity contribution in [2.24, 2.45) is 0 Å². The third-order valence-electron chi connectivity index (χ3n) is 4.99. The van der Waals surface area contributed by atoms with Crippen molar-refractivity contribution in [3.8, 4) is 33.8 Å². The van der Waals surface area contributed by atoms with Crippen LogP contribution >= 0.6 is 0 Å². The molecular weight excluding hydrogens is 373 g/mol. The Kier molecular flexibility index (Phi) is 3.97. The van der Waals surface area contributed by atoms with Gasteiger partial charge in [0.15, 0.2) is 17.9 Å². The summed E-state index contributed by atoms with van der Waals surface area (Å²) in [5.41, 5.74) is 3.60. The summed E-state index contributed by atoms with van der Waals surface area (Å²) in [7, 11) is 0. The average molecular weight is 389 g/mol. The van der Waals surface area contributed by atoms with E-state index < -0.39 is 11.6 Å². The second kappa shape index (κ2) is 6.66. The van der Waals surface area contributed by atoms with Gasteiger partial charge in [0.25, 0.3) is 0 Å². The summed E-state index contributed by atoms with van der Waals surface area (Å²) in [6.07, 6.45) is 8.01. The summed E-state index contributed by atoms with van der Waals surface area (Å²) in [6.45, 7) is 0. The SMILES string of the molecule is O=Cc1cc(-c2cnn(-c3ccc(-c4cn(C5CC5)nn4)cc3)c2)cc(F)c1O. The number of phenolic OH excluding ortho intramolecular Hbond substituents is 1. The molecule has 5 rings (SSSR count). The number of hydrogen-bond donors (Lipinski definition) is 1. The van der Waals surface area contributed by atoms with Gasteiger partial charge in [-0.2, -0.15) is 5.10 Å². The Balaban J connectivity index is 1.41. The van der Waals surface area contributed by atoms with E-state index in [-0.39, 0.29) is 5.56 Å². The van der Waals surface area contributed by atoms with E-state index in [9.17, 15) is 14.3 Å². The van der Waals surface area contributed by atoms with Crippen LogP contribution in [0, 0.1) is 5.82 Å². The monoisotopic (exact) mass is 389 g/mol. The first-order valence-electron chi connectivity index (χ1n) is 9.18. The fraction of sp³-hybridized carbons (Fsp3) is 0.143. The third kappa shape index (κ3) is 3.18. The normalized spacial score (nSPS) is 13.6. The highest BCUT2D eigenvalue weighted by atomic mass is 19.1. The fourth-order valence-electron chi connectivity index (χ4n) is 3.20. The predicted octanol–water partition coefficient (Wildman–Crippen LogP) is 3.79. The van der Waals surface area contributed by atoms with Crippen LogP contribution in [0.1, 0.15) is 29.2 Å². The molecule has 0 aliphatic heterocycles. The maximum atomic E-state index is 13.9. The van der Waals surface area contributed by atoms with Crippen LogP contribution in [-0.4, -0.2) is 36.2 Å². The Labute approximate surface area is 165 Å². The molecule has 2 aromatic carbocycles. The van der Waals surface area contributed by atoms with Gasteiger partial charge in [-0.15, -0.1) is 5.10 Å². The second-order valence-corrected chi connectivity index (χ2v) is 7.05. The maximum absolute atomic E-state index is 13.9. The van der Waals surface area contributed by atoms with Gasteiger partial charge in [0.05, 0.1) is 29.7 Å². The number of rotatable bonds is 5. The number of carbonyl (C=O) groups is 1. The van der Waals surface area contributed by atoms with Crippen molar-refractivity contribution in [1.29, 1.82) is 0 Å². The van der Waals surface area contributed by atoms with Crippen molar-refractivity contribution in [1.82, 2.24) is 24.8 Å². The van der Waals surface area contributed by atoms with Crippen molar-refractivity contribution in [3.63, 3.8) is 0 Å². The van der Waals surface area contributed by atoms with Gasteiger partial charge in [0, 0.05) is 17.3 Å². The molecule has 0 radical (unpaired) electrons. The van der Waals surface area contributed by atoms with Gasteiger partial charge in [0.2, 0.25) is 0 Å². The van der Waals surface area contributed by atoms with Crippen molar-refractivity contribution >= 4 is 6.29 Å². The molecule has 2 aromatic heterocycles. The Morgan fingerprint density at radius 1 is 1.07 bits per heavy atom. The molecule has 0 unspecified atom stereocenters. The molecule has 144 valence electrons. The number of nitrogens with zero attached hydrogens (tertiary/aromatic N) is 5. The first kappa shape index (κ1) is 17.3. The van der Waals surface area contributed by atoms with Gasteiger partial charge in [-0.3, -0.25) is 4.79 Å². The zero-order valence-electron chi connectivity index (χ0n) is 15.2. The number of aromatic nitrogens is 5. The number of carbonyl (C=O) groups excluding carboxylic acids is 1. The highest BCUT2D eigenvalue weighted by Crippen LogP contribution is 2.34. The fourth-order valence-corrected chi connectivity index (χ4v) is 3.20. The summed E-state index contributed by atoms with van der Waals surface area (Å²) < 4.78 is 17.4. The first-order chi connectivity index (χ1) is 14.1. The minimum Gasteiger partial charge on any atom is -0.504 e. The lowest BCUT2D eigenvalue weighted by atomic mass is 10.1.